The van der Waals surface area contributed by atoms with Crippen LogP contribution in [0.2, 0.25) is 0 Å². The highest BCUT2D eigenvalue weighted by molar-refractivity contribution is 5.84. The van der Waals surface area contributed by atoms with E-state index in [1.54, 1.807) is 11.1 Å². The Bertz CT molecular complexity index is 2690. The van der Waals surface area contributed by atoms with Crippen molar-refractivity contribution < 1.29 is 0 Å². The molecule has 0 spiro atoms. The van der Waals surface area contributed by atoms with Gasteiger partial charge in [-0.15, -0.1) is 0 Å². The third-order valence-electron chi connectivity index (χ3n) is 16.7. The van der Waals surface area contributed by atoms with Crippen molar-refractivity contribution >= 4 is 0 Å². The van der Waals surface area contributed by atoms with Crippen LogP contribution in [-0.4, -0.2) is 9.97 Å². The number of hydrogen-bond donors (Lipinski definition) is 0. The van der Waals surface area contributed by atoms with E-state index in [0.29, 0.717) is 10.8 Å². The van der Waals surface area contributed by atoms with Gasteiger partial charge in [0.2, 0.25) is 0 Å². The zero-order valence-corrected chi connectivity index (χ0v) is 35.1. The SMILES string of the molecule is c1ccc(-c2ccc(-c3ccc(C45CC6CC7C4CC4CC5C(C6)C7(c5ccc(-c6ccc(-c7ccccc7)nc6-c6ccccc6)cc5)C4)cc3)c(-c3ccccc3)n2)cc1. The Morgan fingerprint density at radius 2 is 0.629 bits per heavy atom. The van der Waals surface area contributed by atoms with Gasteiger partial charge in [0.25, 0.3) is 0 Å². The van der Waals surface area contributed by atoms with Crippen molar-refractivity contribution in [3.8, 4) is 67.3 Å². The Hall–Kier alpha value is -6.38. The van der Waals surface area contributed by atoms with E-state index in [0.717, 1.165) is 80.5 Å². The molecule has 0 amide bonds. The van der Waals surface area contributed by atoms with Gasteiger partial charge < -0.3 is 0 Å². The minimum absolute atomic E-state index is 0.295. The van der Waals surface area contributed by atoms with E-state index in [-0.39, 0.29) is 0 Å². The maximum Gasteiger partial charge on any atom is 0.0787 e. The summed E-state index contributed by atoms with van der Waals surface area (Å²) in [5.74, 6) is 4.69. The molecule has 0 radical (unpaired) electrons. The summed E-state index contributed by atoms with van der Waals surface area (Å²) in [7, 11) is 0. The fraction of sp³-hybridized carbons (Fsp3) is 0.233. The molecule has 300 valence electrons. The van der Waals surface area contributed by atoms with Crippen LogP contribution in [0.3, 0.4) is 0 Å². The highest BCUT2D eigenvalue weighted by Gasteiger charge is 2.75. The van der Waals surface area contributed by atoms with Gasteiger partial charge in [-0.3, -0.25) is 0 Å². The summed E-state index contributed by atoms with van der Waals surface area (Å²) < 4.78 is 0. The molecule has 0 N–H and O–H groups in total. The van der Waals surface area contributed by atoms with Crippen LogP contribution in [0.5, 0.6) is 0 Å². The lowest BCUT2D eigenvalue weighted by Gasteiger charge is -2.79. The zero-order valence-electron chi connectivity index (χ0n) is 35.1. The highest BCUT2D eigenvalue weighted by Crippen LogP contribution is 2.80. The van der Waals surface area contributed by atoms with Crippen molar-refractivity contribution in [1.82, 2.24) is 9.97 Å². The molecule has 15 rings (SSSR count). The Morgan fingerprint density at radius 3 is 0.968 bits per heavy atom. The molecule has 7 aliphatic carbocycles. The molecule has 2 nitrogen and oxygen atoms in total. The van der Waals surface area contributed by atoms with Crippen molar-refractivity contribution in [3.63, 3.8) is 0 Å². The topological polar surface area (TPSA) is 25.8 Å². The maximum absolute atomic E-state index is 5.31. The summed E-state index contributed by atoms with van der Waals surface area (Å²) in [6, 6.07) is 71.6. The summed E-state index contributed by atoms with van der Waals surface area (Å²) in [6.07, 6.45) is 8.40. The molecule has 4 atom stereocenters. The van der Waals surface area contributed by atoms with E-state index in [9.17, 15) is 0 Å². The fourth-order valence-corrected chi connectivity index (χ4v) is 14.6. The van der Waals surface area contributed by atoms with Crippen LogP contribution in [0.15, 0.2) is 194 Å². The summed E-state index contributed by atoms with van der Waals surface area (Å²) >= 11 is 0. The third-order valence-corrected chi connectivity index (χ3v) is 16.7. The molecule has 2 aromatic heterocycles. The number of nitrogens with zero attached hydrogens (tertiary/aromatic N) is 2. The molecule has 7 saturated carbocycles. The molecule has 4 unspecified atom stereocenters. The van der Waals surface area contributed by atoms with Crippen molar-refractivity contribution in [2.24, 2.45) is 35.5 Å². The minimum Gasteiger partial charge on any atom is -0.247 e. The van der Waals surface area contributed by atoms with Gasteiger partial charge in [0, 0.05) is 44.2 Å². The van der Waals surface area contributed by atoms with Gasteiger partial charge in [-0.25, -0.2) is 9.97 Å². The summed E-state index contributed by atoms with van der Waals surface area (Å²) in [4.78, 5) is 10.6. The number of aromatic nitrogens is 2. The minimum atomic E-state index is 0.295. The normalized spacial score (nSPS) is 27.4. The molecule has 8 bridgehead atoms. The van der Waals surface area contributed by atoms with E-state index < -0.39 is 0 Å². The van der Waals surface area contributed by atoms with Gasteiger partial charge in [0.05, 0.1) is 22.8 Å². The highest BCUT2D eigenvalue weighted by atomic mass is 14.8. The first-order valence-corrected chi connectivity index (χ1v) is 23.1. The molecule has 2 heteroatoms. The average Bonchev–Trinajstić information content (AvgIpc) is 3.36. The Balaban J connectivity index is 0.847. The van der Waals surface area contributed by atoms with E-state index in [1.165, 1.54) is 60.8 Å². The second-order valence-electron chi connectivity index (χ2n) is 19.4. The first-order chi connectivity index (χ1) is 30.7. The second kappa shape index (κ2) is 14.1. The molecule has 8 aromatic rings. The molecule has 2 heterocycles. The number of benzene rings is 6. The van der Waals surface area contributed by atoms with Gasteiger partial charge in [-0.2, -0.15) is 0 Å². The molecular formula is C60H50N2. The Morgan fingerprint density at radius 1 is 0.306 bits per heavy atom. The lowest BCUT2D eigenvalue weighted by molar-refractivity contribution is -0.237. The van der Waals surface area contributed by atoms with Crippen LogP contribution in [-0.2, 0) is 10.8 Å². The molecule has 7 aliphatic rings. The Kier molecular flexibility index (Phi) is 8.24. The Labute approximate surface area is 365 Å². The number of hydrogen-bond acceptors (Lipinski definition) is 2. The second-order valence-corrected chi connectivity index (χ2v) is 19.4. The molecule has 0 aliphatic heterocycles. The van der Waals surface area contributed by atoms with Gasteiger partial charge in [-0.05, 0) is 108 Å². The van der Waals surface area contributed by atoms with Crippen molar-refractivity contribution in [2.75, 3.05) is 0 Å². The van der Waals surface area contributed by atoms with Crippen molar-refractivity contribution in [2.45, 2.75) is 49.4 Å². The van der Waals surface area contributed by atoms with Gasteiger partial charge in [0.15, 0.2) is 0 Å². The predicted octanol–water partition coefficient (Wildman–Crippen LogP) is 14.8. The lowest BCUT2D eigenvalue weighted by Crippen LogP contribution is -2.75. The fourth-order valence-electron chi connectivity index (χ4n) is 14.6. The van der Waals surface area contributed by atoms with Gasteiger partial charge in [-0.1, -0.05) is 182 Å². The molecular weight excluding hydrogens is 749 g/mol. The van der Waals surface area contributed by atoms with E-state index in [1.807, 2.05) is 0 Å². The average molecular weight is 799 g/mol. The predicted molar refractivity (Wildman–Crippen MR) is 253 cm³/mol. The molecule has 0 saturated heterocycles. The van der Waals surface area contributed by atoms with Crippen LogP contribution in [0, 0.1) is 35.5 Å². The molecule has 7 fully saturated rings. The van der Waals surface area contributed by atoms with E-state index >= 15 is 0 Å². The molecule has 62 heavy (non-hydrogen) atoms. The third kappa shape index (κ3) is 5.41. The van der Waals surface area contributed by atoms with E-state index in [4.69, 9.17) is 9.97 Å². The van der Waals surface area contributed by atoms with Crippen LogP contribution in [0.25, 0.3) is 67.3 Å². The van der Waals surface area contributed by atoms with E-state index in [2.05, 4.69) is 194 Å². The van der Waals surface area contributed by atoms with Crippen molar-refractivity contribution in [1.29, 1.82) is 0 Å². The van der Waals surface area contributed by atoms with Crippen molar-refractivity contribution in [3.05, 3.63) is 205 Å². The summed E-state index contributed by atoms with van der Waals surface area (Å²) in [6.45, 7) is 0. The monoisotopic (exact) mass is 798 g/mol. The quantitative estimate of drug-likeness (QED) is 0.153. The van der Waals surface area contributed by atoms with Gasteiger partial charge in [0.1, 0.15) is 0 Å². The number of rotatable bonds is 8. The standard InChI is InChI=1S/C60H50N2/c1-5-13-43(14-6-1)55-31-29-49(57(61-55)45-17-9-3-10-18-45)41-21-25-47(26-22-41)59-37-39-35-53-51(59)33-40-34-52(59)54(36-39)60(53,38-40)48-27-23-42(24-28-48)50-30-32-56(44-15-7-2-8-16-44)62-58(50)46-19-11-4-12-20-46/h1-32,39-40,51-54H,33-38H2. The number of pyridine rings is 2. The van der Waals surface area contributed by atoms with Gasteiger partial charge >= 0.3 is 0 Å². The van der Waals surface area contributed by atoms with Crippen LogP contribution in [0.4, 0.5) is 0 Å². The largest absolute Gasteiger partial charge is 0.247 e. The summed E-state index contributed by atoms with van der Waals surface area (Å²) in [5, 5.41) is 0. The first-order valence-electron chi connectivity index (χ1n) is 23.1. The smallest absolute Gasteiger partial charge is 0.0787 e. The van der Waals surface area contributed by atoms with Crippen LogP contribution >= 0.6 is 0 Å². The molecule has 6 aromatic carbocycles. The lowest BCUT2D eigenvalue weighted by atomic mass is 9.25. The van der Waals surface area contributed by atoms with Crippen LogP contribution in [0.1, 0.15) is 49.7 Å². The summed E-state index contributed by atoms with van der Waals surface area (Å²) in [5.41, 5.74) is 17.5. The zero-order chi connectivity index (χ0) is 40.8. The maximum atomic E-state index is 5.31. The van der Waals surface area contributed by atoms with Crippen LogP contribution < -0.4 is 0 Å². The first kappa shape index (κ1) is 36.3.